The molecular formula is C16H28N2O. The van der Waals surface area contributed by atoms with Crippen LogP contribution in [0.4, 0.5) is 0 Å². The van der Waals surface area contributed by atoms with Gasteiger partial charge >= 0.3 is 0 Å². The van der Waals surface area contributed by atoms with E-state index in [1.807, 2.05) is 0 Å². The van der Waals surface area contributed by atoms with Crippen molar-refractivity contribution in [2.24, 2.45) is 5.92 Å². The van der Waals surface area contributed by atoms with Gasteiger partial charge in [-0.3, -0.25) is 4.90 Å². The van der Waals surface area contributed by atoms with E-state index < -0.39 is 0 Å². The lowest BCUT2D eigenvalue weighted by molar-refractivity contribution is 0.0981. The summed E-state index contributed by atoms with van der Waals surface area (Å²) >= 11 is 0. The average molecular weight is 264 g/mol. The summed E-state index contributed by atoms with van der Waals surface area (Å²) in [6.07, 6.45) is 2.67. The zero-order valence-electron chi connectivity index (χ0n) is 12.8. The zero-order chi connectivity index (χ0) is 13.8. The Morgan fingerprint density at radius 1 is 1.32 bits per heavy atom. The summed E-state index contributed by atoms with van der Waals surface area (Å²) in [4.78, 5) is 2.55. The van der Waals surface area contributed by atoms with E-state index in [0.717, 1.165) is 30.5 Å². The van der Waals surface area contributed by atoms with Gasteiger partial charge in [-0.25, -0.2) is 0 Å². The van der Waals surface area contributed by atoms with Crippen molar-refractivity contribution < 1.29 is 4.42 Å². The molecule has 1 aromatic heterocycles. The third-order valence-electron chi connectivity index (χ3n) is 4.27. The molecule has 0 bridgehead atoms. The molecule has 0 amide bonds. The first-order valence-electron chi connectivity index (χ1n) is 7.61. The normalized spacial score (nSPS) is 25.1. The summed E-state index contributed by atoms with van der Waals surface area (Å²) in [5, 5.41) is 3.39. The van der Waals surface area contributed by atoms with Crippen molar-refractivity contribution >= 4 is 0 Å². The molecule has 0 spiro atoms. The molecule has 1 saturated heterocycles. The van der Waals surface area contributed by atoms with Crippen LogP contribution in [-0.2, 0) is 13.1 Å². The monoisotopic (exact) mass is 264 g/mol. The van der Waals surface area contributed by atoms with Gasteiger partial charge in [0.1, 0.15) is 11.5 Å². The van der Waals surface area contributed by atoms with Crippen molar-refractivity contribution in [2.75, 3.05) is 6.54 Å². The number of piperidine rings is 1. The average Bonchev–Trinajstić information content (AvgIpc) is 2.80. The Balaban J connectivity index is 1.88. The lowest BCUT2D eigenvalue weighted by Crippen LogP contribution is -2.41. The van der Waals surface area contributed by atoms with E-state index in [1.165, 1.54) is 19.4 Å². The molecule has 1 aliphatic heterocycles. The highest BCUT2D eigenvalue weighted by molar-refractivity contribution is 5.07. The lowest BCUT2D eigenvalue weighted by atomic mass is 9.92. The van der Waals surface area contributed by atoms with Crippen LogP contribution in [0, 0.1) is 5.92 Å². The maximum atomic E-state index is 5.92. The number of nitrogens with zero attached hydrogens (tertiary/aromatic N) is 1. The highest BCUT2D eigenvalue weighted by Gasteiger charge is 2.25. The SMILES string of the molecule is CC(C)NCc1ccc(CN2CCCC(C)C2C)o1. The van der Waals surface area contributed by atoms with E-state index in [9.17, 15) is 0 Å². The summed E-state index contributed by atoms with van der Waals surface area (Å²) < 4.78 is 5.92. The first-order chi connectivity index (χ1) is 9.06. The molecular weight excluding hydrogens is 236 g/mol. The van der Waals surface area contributed by atoms with Crippen molar-refractivity contribution in [1.82, 2.24) is 10.2 Å². The molecule has 2 rings (SSSR count). The standard InChI is InChI=1S/C16H28N2O/c1-12(2)17-10-15-7-8-16(19-15)11-18-9-5-6-13(3)14(18)4/h7-8,12-14,17H,5-6,9-11H2,1-4H3. The third-order valence-corrected chi connectivity index (χ3v) is 4.27. The Labute approximate surface area is 117 Å². The van der Waals surface area contributed by atoms with Gasteiger partial charge in [0.25, 0.3) is 0 Å². The van der Waals surface area contributed by atoms with Gasteiger partial charge in [0.15, 0.2) is 0 Å². The molecule has 3 nitrogen and oxygen atoms in total. The number of furan rings is 1. The predicted molar refractivity (Wildman–Crippen MR) is 79.0 cm³/mol. The topological polar surface area (TPSA) is 28.4 Å². The van der Waals surface area contributed by atoms with Crippen LogP contribution in [0.3, 0.4) is 0 Å². The molecule has 0 aromatic carbocycles. The number of nitrogens with one attached hydrogen (secondary N) is 1. The molecule has 2 heterocycles. The van der Waals surface area contributed by atoms with E-state index in [1.54, 1.807) is 0 Å². The molecule has 3 heteroatoms. The first-order valence-corrected chi connectivity index (χ1v) is 7.61. The van der Waals surface area contributed by atoms with Crippen LogP contribution in [0.25, 0.3) is 0 Å². The molecule has 1 aromatic rings. The fourth-order valence-electron chi connectivity index (χ4n) is 2.75. The van der Waals surface area contributed by atoms with Gasteiger partial charge in [0.05, 0.1) is 13.1 Å². The van der Waals surface area contributed by atoms with Crippen molar-refractivity contribution in [3.8, 4) is 0 Å². The minimum Gasteiger partial charge on any atom is -0.463 e. The van der Waals surface area contributed by atoms with Crippen LogP contribution >= 0.6 is 0 Å². The van der Waals surface area contributed by atoms with Crippen LogP contribution in [0.5, 0.6) is 0 Å². The Bertz CT molecular complexity index is 386. The smallest absolute Gasteiger partial charge is 0.118 e. The van der Waals surface area contributed by atoms with Crippen LogP contribution in [-0.4, -0.2) is 23.5 Å². The van der Waals surface area contributed by atoms with Crippen LogP contribution in [0.15, 0.2) is 16.5 Å². The lowest BCUT2D eigenvalue weighted by Gasteiger charge is -2.37. The number of hydrogen-bond acceptors (Lipinski definition) is 3. The van der Waals surface area contributed by atoms with E-state index in [4.69, 9.17) is 4.42 Å². The van der Waals surface area contributed by atoms with Crippen molar-refractivity contribution in [1.29, 1.82) is 0 Å². The molecule has 1 aliphatic rings. The number of rotatable bonds is 5. The molecule has 0 radical (unpaired) electrons. The molecule has 2 atom stereocenters. The third kappa shape index (κ3) is 4.08. The minimum absolute atomic E-state index is 0.497. The second-order valence-electron chi connectivity index (χ2n) is 6.23. The number of hydrogen-bond donors (Lipinski definition) is 1. The van der Waals surface area contributed by atoms with Gasteiger partial charge in [-0.05, 0) is 44.4 Å². The van der Waals surface area contributed by atoms with Crippen LogP contribution in [0.2, 0.25) is 0 Å². The Kier molecular flexibility index (Phi) is 5.06. The molecule has 0 aliphatic carbocycles. The second kappa shape index (κ2) is 6.58. The van der Waals surface area contributed by atoms with Crippen LogP contribution < -0.4 is 5.32 Å². The number of likely N-dealkylation sites (tertiary alicyclic amines) is 1. The fourth-order valence-corrected chi connectivity index (χ4v) is 2.75. The van der Waals surface area contributed by atoms with Crippen molar-refractivity contribution in [3.63, 3.8) is 0 Å². The van der Waals surface area contributed by atoms with E-state index in [-0.39, 0.29) is 0 Å². The fraction of sp³-hybridized carbons (Fsp3) is 0.750. The van der Waals surface area contributed by atoms with Gasteiger partial charge < -0.3 is 9.73 Å². The van der Waals surface area contributed by atoms with Gasteiger partial charge in [-0.15, -0.1) is 0 Å². The summed E-state index contributed by atoms with van der Waals surface area (Å²) in [7, 11) is 0. The highest BCUT2D eigenvalue weighted by atomic mass is 16.3. The molecule has 108 valence electrons. The molecule has 1 fully saturated rings. The molecule has 0 saturated carbocycles. The maximum Gasteiger partial charge on any atom is 0.118 e. The summed E-state index contributed by atoms with van der Waals surface area (Å²) in [5.41, 5.74) is 0. The zero-order valence-corrected chi connectivity index (χ0v) is 12.8. The molecule has 2 unspecified atom stereocenters. The van der Waals surface area contributed by atoms with E-state index in [0.29, 0.717) is 12.1 Å². The van der Waals surface area contributed by atoms with Gasteiger partial charge in [-0.1, -0.05) is 20.8 Å². The first kappa shape index (κ1) is 14.6. The predicted octanol–water partition coefficient (Wildman–Crippen LogP) is 3.40. The Morgan fingerprint density at radius 2 is 2.05 bits per heavy atom. The van der Waals surface area contributed by atoms with Gasteiger partial charge in [0, 0.05) is 12.1 Å². The summed E-state index contributed by atoms with van der Waals surface area (Å²) in [6, 6.07) is 5.39. The van der Waals surface area contributed by atoms with Crippen LogP contribution in [0.1, 0.15) is 52.1 Å². The minimum atomic E-state index is 0.497. The Hall–Kier alpha value is -0.800. The Morgan fingerprint density at radius 3 is 2.79 bits per heavy atom. The summed E-state index contributed by atoms with van der Waals surface area (Å²) in [5.74, 6) is 2.94. The summed E-state index contributed by atoms with van der Waals surface area (Å²) in [6.45, 7) is 12.0. The maximum absolute atomic E-state index is 5.92. The molecule has 1 N–H and O–H groups in total. The second-order valence-corrected chi connectivity index (χ2v) is 6.23. The highest BCUT2D eigenvalue weighted by Crippen LogP contribution is 2.24. The van der Waals surface area contributed by atoms with E-state index in [2.05, 4.69) is 50.0 Å². The van der Waals surface area contributed by atoms with Crippen molar-refractivity contribution in [2.45, 2.75) is 65.7 Å². The quantitative estimate of drug-likeness (QED) is 0.883. The molecule has 19 heavy (non-hydrogen) atoms. The van der Waals surface area contributed by atoms with Gasteiger partial charge in [0.2, 0.25) is 0 Å². The van der Waals surface area contributed by atoms with Gasteiger partial charge in [-0.2, -0.15) is 0 Å². The van der Waals surface area contributed by atoms with E-state index >= 15 is 0 Å². The largest absolute Gasteiger partial charge is 0.463 e. The van der Waals surface area contributed by atoms with Crippen molar-refractivity contribution in [3.05, 3.63) is 23.7 Å².